The van der Waals surface area contributed by atoms with E-state index in [0.717, 1.165) is 12.3 Å². The molecule has 19 heavy (non-hydrogen) atoms. The highest BCUT2D eigenvalue weighted by Crippen LogP contribution is 2.21. The fourth-order valence-electron chi connectivity index (χ4n) is 1.54. The topological polar surface area (TPSA) is 65.4 Å². The molecule has 0 aliphatic rings. The number of nitrogens with zero attached hydrogens (tertiary/aromatic N) is 3. The van der Waals surface area contributed by atoms with Crippen LogP contribution in [0.1, 0.15) is 11.3 Å². The van der Waals surface area contributed by atoms with Crippen LogP contribution in [0, 0.1) is 18.6 Å². The minimum atomic E-state index is -0.818. The maximum Gasteiger partial charge on any atom is 0.221 e. The molecule has 0 unspecified atom stereocenters. The molecular weight excluding hydrogens is 254 g/mol. The van der Waals surface area contributed by atoms with Crippen molar-refractivity contribution in [1.82, 2.24) is 9.66 Å². The lowest BCUT2D eigenvalue weighted by molar-refractivity contribution is 0.383. The van der Waals surface area contributed by atoms with Gasteiger partial charge in [-0.2, -0.15) is 5.10 Å². The zero-order valence-corrected chi connectivity index (χ0v) is 10.4. The lowest BCUT2D eigenvalue weighted by atomic mass is 10.2. The molecule has 0 aliphatic carbocycles. The number of halogens is 2. The van der Waals surface area contributed by atoms with Crippen molar-refractivity contribution in [3.8, 4) is 5.75 Å². The summed E-state index contributed by atoms with van der Waals surface area (Å²) in [5.74, 6) is -1.48. The van der Waals surface area contributed by atoms with Crippen LogP contribution in [0.2, 0.25) is 0 Å². The zero-order chi connectivity index (χ0) is 14.0. The van der Waals surface area contributed by atoms with Gasteiger partial charge in [-0.1, -0.05) is 0 Å². The molecule has 100 valence electrons. The van der Waals surface area contributed by atoms with Crippen molar-refractivity contribution in [2.45, 2.75) is 6.92 Å². The Morgan fingerprint density at radius 1 is 1.42 bits per heavy atom. The second-order valence-electron chi connectivity index (χ2n) is 3.81. The van der Waals surface area contributed by atoms with Gasteiger partial charge in [0.05, 0.1) is 30.8 Å². The van der Waals surface area contributed by atoms with E-state index in [9.17, 15) is 8.78 Å². The molecule has 0 fully saturated rings. The van der Waals surface area contributed by atoms with Gasteiger partial charge in [-0.25, -0.2) is 18.4 Å². The molecular formula is C12H12F2N4O. The normalized spacial score (nSPS) is 11.2. The Bertz CT molecular complexity index is 637. The molecule has 2 N–H and O–H groups in total. The number of anilines is 1. The smallest absolute Gasteiger partial charge is 0.221 e. The van der Waals surface area contributed by atoms with Crippen molar-refractivity contribution < 1.29 is 13.5 Å². The van der Waals surface area contributed by atoms with Crippen LogP contribution in [-0.4, -0.2) is 23.0 Å². The molecule has 0 bridgehead atoms. The van der Waals surface area contributed by atoms with E-state index in [-0.39, 0.29) is 17.3 Å². The van der Waals surface area contributed by atoms with Crippen molar-refractivity contribution in [2.24, 2.45) is 5.10 Å². The van der Waals surface area contributed by atoms with Gasteiger partial charge in [0, 0.05) is 0 Å². The summed E-state index contributed by atoms with van der Waals surface area (Å²) in [6.45, 7) is 1.73. The standard InChI is InChI=1S/C12H12F2N4O/c1-7-6-18(12(15)17-7)16-5-8-9(13)3-4-10(19-2)11(8)14/h3-6H,1-2H3,(H2,15,17). The molecule has 0 saturated carbocycles. The third-order valence-corrected chi connectivity index (χ3v) is 2.46. The fraction of sp³-hybridized carbons (Fsp3) is 0.167. The number of nitrogen functional groups attached to an aromatic ring is 1. The third kappa shape index (κ3) is 2.54. The van der Waals surface area contributed by atoms with Crippen molar-refractivity contribution in [2.75, 3.05) is 12.8 Å². The van der Waals surface area contributed by atoms with E-state index < -0.39 is 11.6 Å². The van der Waals surface area contributed by atoms with Gasteiger partial charge in [0.1, 0.15) is 5.82 Å². The Labute approximate surface area is 108 Å². The number of rotatable bonds is 3. The summed E-state index contributed by atoms with van der Waals surface area (Å²) < 4.78 is 33.4. The molecule has 5 nitrogen and oxygen atoms in total. The molecule has 0 radical (unpaired) electrons. The molecule has 0 atom stereocenters. The first-order valence-corrected chi connectivity index (χ1v) is 5.40. The van der Waals surface area contributed by atoms with Crippen molar-refractivity contribution in [3.63, 3.8) is 0 Å². The Morgan fingerprint density at radius 3 is 2.74 bits per heavy atom. The molecule has 1 aromatic heterocycles. The summed E-state index contributed by atoms with van der Waals surface area (Å²) in [4.78, 5) is 3.92. The number of benzene rings is 1. The summed E-state index contributed by atoms with van der Waals surface area (Å²) >= 11 is 0. The van der Waals surface area contributed by atoms with Crippen LogP contribution in [0.25, 0.3) is 0 Å². The molecule has 0 amide bonds. The Morgan fingerprint density at radius 2 is 2.16 bits per heavy atom. The van der Waals surface area contributed by atoms with Gasteiger partial charge in [0.25, 0.3) is 0 Å². The van der Waals surface area contributed by atoms with E-state index in [1.807, 2.05) is 0 Å². The Kier molecular flexibility index (Phi) is 3.46. The molecule has 7 heteroatoms. The maximum absolute atomic E-state index is 13.8. The molecule has 2 aromatic rings. The Hall–Kier alpha value is -2.44. The van der Waals surface area contributed by atoms with Crippen LogP contribution < -0.4 is 10.5 Å². The second kappa shape index (κ2) is 5.05. The van der Waals surface area contributed by atoms with E-state index >= 15 is 0 Å². The SMILES string of the molecule is COc1ccc(F)c(C=Nn2cc(C)nc2N)c1F. The lowest BCUT2D eigenvalue weighted by Gasteiger charge is -2.05. The summed E-state index contributed by atoms with van der Waals surface area (Å²) in [6, 6.07) is 2.31. The molecule has 0 aliphatic heterocycles. The first-order valence-electron chi connectivity index (χ1n) is 5.40. The number of nitrogens with two attached hydrogens (primary N) is 1. The molecule has 2 rings (SSSR count). The summed E-state index contributed by atoms with van der Waals surface area (Å²) in [5.41, 5.74) is 5.92. The van der Waals surface area contributed by atoms with Crippen LogP contribution in [0.5, 0.6) is 5.75 Å². The summed E-state index contributed by atoms with van der Waals surface area (Å²) in [6.07, 6.45) is 2.58. The minimum absolute atomic E-state index is 0.0577. The van der Waals surface area contributed by atoms with Gasteiger partial charge in [0.15, 0.2) is 11.6 Å². The predicted octanol–water partition coefficient (Wildman–Crippen LogP) is 1.94. The number of ether oxygens (including phenoxy) is 1. The van der Waals surface area contributed by atoms with E-state index in [1.54, 1.807) is 13.1 Å². The highest BCUT2D eigenvalue weighted by molar-refractivity contribution is 5.81. The minimum Gasteiger partial charge on any atom is -0.494 e. The average Bonchev–Trinajstić information content (AvgIpc) is 2.68. The van der Waals surface area contributed by atoms with Crippen LogP contribution in [0.4, 0.5) is 14.7 Å². The quantitative estimate of drug-likeness (QED) is 0.863. The first kappa shape index (κ1) is 13.0. The number of aromatic nitrogens is 2. The molecule has 1 heterocycles. The average molecular weight is 266 g/mol. The number of imidazole rings is 1. The lowest BCUT2D eigenvalue weighted by Crippen LogP contribution is -2.01. The van der Waals surface area contributed by atoms with E-state index in [2.05, 4.69) is 10.1 Å². The van der Waals surface area contributed by atoms with Crippen LogP contribution >= 0.6 is 0 Å². The molecule has 1 aromatic carbocycles. The first-order chi connectivity index (χ1) is 9.02. The van der Waals surface area contributed by atoms with Gasteiger partial charge < -0.3 is 10.5 Å². The number of hydrogen-bond acceptors (Lipinski definition) is 4. The van der Waals surface area contributed by atoms with E-state index in [1.165, 1.54) is 17.9 Å². The summed E-state index contributed by atoms with van der Waals surface area (Å²) in [7, 11) is 1.30. The van der Waals surface area contributed by atoms with Gasteiger partial charge in [0.2, 0.25) is 5.95 Å². The maximum atomic E-state index is 13.8. The zero-order valence-electron chi connectivity index (χ0n) is 10.4. The van der Waals surface area contributed by atoms with Gasteiger partial charge in [-0.3, -0.25) is 0 Å². The van der Waals surface area contributed by atoms with Crippen LogP contribution in [-0.2, 0) is 0 Å². The van der Waals surface area contributed by atoms with Gasteiger partial charge >= 0.3 is 0 Å². The number of methoxy groups -OCH3 is 1. The van der Waals surface area contributed by atoms with E-state index in [0.29, 0.717) is 5.69 Å². The number of hydrogen-bond donors (Lipinski definition) is 1. The van der Waals surface area contributed by atoms with Gasteiger partial charge in [-0.15, -0.1) is 0 Å². The Balaban J connectivity index is 2.40. The predicted molar refractivity (Wildman–Crippen MR) is 67.3 cm³/mol. The van der Waals surface area contributed by atoms with Gasteiger partial charge in [-0.05, 0) is 19.1 Å². The highest BCUT2D eigenvalue weighted by atomic mass is 19.1. The largest absolute Gasteiger partial charge is 0.494 e. The molecule has 0 spiro atoms. The van der Waals surface area contributed by atoms with Crippen molar-refractivity contribution in [1.29, 1.82) is 0 Å². The third-order valence-electron chi connectivity index (χ3n) is 2.46. The van der Waals surface area contributed by atoms with Crippen molar-refractivity contribution in [3.05, 3.63) is 41.2 Å². The number of aryl methyl sites for hydroxylation is 1. The van der Waals surface area contributed by atoms with E-state index in [4.69, 9.17) is 10.5 Å². The highest BCUT2D eigenvalue weighted by Gasteiger charge is 2.12. The summed E-state index contributed by atoms with van der Waals surface area (Å²) in [5, 5.41) is 3.86. The van der Waals surface area contributed by atoms with Crippen molar-refractivity contribution >= 4 is 12.2 Å². The monoisotopic (exact) mass is 266 g/mol. The molecule has 0 saturated heterocycles. The van der Waals surface area contributed by atoms with Crippen LogP contribution in [0.3, 0.4) is 0 Å². The van der Waals surface area contributed by atoms with Crippen LogP contribution in [0.15, 0.2) is 23.4 Å². The fourth-order valence-corrected chi connectivity index (χ4v) is 1.54. The second-order valence-corrected chi connectivity index (χ2v) is 3.81.